The van der Waals surface area contributed by atoms with Gasteiger partial charge in [-0.1, -0.05) is 11.6 Å². The van der Waals surface area contributed by atoms with Crippen LogP contribution in [0.4, 0.5) is 19.0 Å². The highest BCUT2D eigenvalue weighted by atomic mass is 35.5. The molecule has 0 aromatic carbocycles. The van der Waals surface area contributed by atoms with Gasteiger partial charge in [0.15, 0.2) is 0 Å². The number of thioether (sulfide) groups is 1. The molecule has 0 aliphatic heterocycles. The first-order chi connectivity index (χ1) is 6.97. The number of rotatable bonds is 4. The molecule has 0 radical (unpaired) electrons. The standard InChI is InChI=1S/C7H7ClF3N3S/c8-5-3-12-4-6(14-5)13-1-2-15-7(9,10)11/h3-4H,1-2H2,(H,13,14). The number of nitrogens with zero attached hydrogens (tertiary/aromatic N) is 2. The molecule has 15 heavy (non-hydrogen) atoms. The minimum Gasteiger partial charge on any atom is -0.368 e. The van der Waals surface area contributed by atoms with Crippen molar-refractivity contribution in [2.45, 2.75) is 5.51 Å². The van der Waals surface area contributed by atoms with E-state index in [2.05, 4.69) is 15.3 Å². The number of anilines is 1. The summed E-state index contributed by atoms with van der Waals surface area (Å²) >= 11 is 5.44. The van der Waals surface area contributed by atoms with E-state index in [-0.39, 0.29) is 29.2 Å². The van der Waals surface area contributed by atoms with Crippen LogP contribution in [0.15, 0.2) is 12.4 Å². The van der Waals surface area contributed by atoms with Crippen molar-refractivity contribution in [3.63, 3.8) is 0 Å². The molecule has 1 heterocycles. The highest BCUT2D eigenvalue weighted by Crippen LogP contribution is 2.29. The molecule has 0 aliphatic rings. The van der Waals surface area contributed by atoms with Crippen LogP contribution in [0.25, 0.3) is 0 Å². The van der Waals surface area contributed by atoms with Crippen molar-refractivity contribution < 1.29 is 13.2 Å². The van der Waals surface area contributed by atoms with Crippen molar-refractivity contribution in [3.05, 3.63) is 17.5 Å². The van der Waals surface area contributed by atoms with Crippen molar-refractivity contribution in [3.8, 4) is 0 Å². The highest BCUT2D eigenvalue weighted by molar-refractivity contribution is 8.00. The number of hydrogen-bond donors (Lipinski definition) is 1. The van der Waals surface area contributed by atoms with Gasteiger partial charge >= 0.3 is 5.51 Å². The summed E-state index contributed by atoms with van der Waals surface area (Å²) in [6.07, 6.45) is 2.74. The molecule has 3 nitrogen and oxygen atoms in total. The Morgan fingerprint density at radius 3 is 2.73 bits per heavy atom. The third-order valence-corrected chi connectivity index (χ3v) is 2.20. The molecule has 1 aromatic heterocycles. The fourth-order valence-electron chi connectivity index (χ4n) is 0.773. The van der Waals surface area contributed by atoms with E-state index in [1.807, 2.05) is 0 Å². The molecule has 0 amide bonds. The second kappa shape index (κ2) is 5.41. The largest absolute Gasteiger partial charge is 0.441 e. The van der Waals surface area contributed by atoms with Gasteiger partial charge in [0.1, 0.15) is 11.0 Å². The maximum atomic E-state index is 11.7. The molecule has 1 N–H and O–H groups in total. The normalized spacial score (nSPS) is 11.5. The number of nitrogens with one attached hydrogen (secondary N) is 1. The van der Waals surface area contributed by atoms with E-state index in [0.29, 0.717) is 5.82 Å². The van der Waals surface area contributed by atoms with Gasteiger partial charge in [-0.15, -0.1) is 0 Å². The Balaban J connectivity index is 2.26. The van der Waals surface area contributed by atoms with Gasteiger partial charge in [0.2, 0.25) is 0 Å². The molecule has 8 heteroatoms. The monoisotopic (exact) mass is 257 g/mol. The van der Waals surface area contributed by atoms with Crippen LogP contribution in [-0.2, 0) is 0 Å². The Kier molecular flexibility index (Phi) is 4.46. The van der Waals surface area contributed by atoms with Crippen LogP contribution in [0.2, 0.25) is 5.15 Å². The van der Waals surface area contributed by atoms with Crippen molar-refractivity contribution in [2.75, 3.05) is 17.6 Å². The first kappa shape index (κ1) is 12.4. The SMILES string of the molecule is FC(F)(F)SCCNc1cncc(Cl)n1. The molecule has 0 fully saturated rings. The van der Waals surface area contributed by atoms with Crippen LogP contribution < -0.4 is 5.32 Å². The van der Waals surface area contributed by atoms with Crippen LogP contribution >= 0.6 is 23.4 Å². The van der Waals surface area contributed by atoms with Crippen LogP contribution in [0.1, 0.15) is 0 Å². The van der Waals surface area contributed by atoms with Gasteiger partial charge in [0.05, 0.1) is 12.4 Å². The highest BCUT2D eigenvalue weighted by Gasteiger charge is 2.27. The van der Waals surface area contributed by atoms with E-state index in [9.17, 15) is 13.2 Å². The second-order valence-corrected chi connectivity index (χ2v) is 4.00. The first-order valence-corrected chi connectivity index (χ1v) is 5.26. The van der Waals surface area contributed by atoms with Crippen LogP contribution in [0.3, 0.4) is 0 Å². The van der Waals surface area contributed by atoms with E-state index < -0.39 is 5.51 Å². The van der Waals surface area contributed by atoms with Crippen LogP contribution in [0.5, 0.6) is 0 Å². The summed E-state index contributed by atoms with van der Waals surface area (Å²) in [6, 6.07) is 0. The number of hydrogen-bond acceptors (Lipinski definition) is 4. The van der Waals surface area contributed by atoms with Crippen molar-refractivity contribution in [1.82, 2.24) is 9.97 Å². The van der Waals surface area contributed by atoms with Gasteiger partial charge in [-0.25, -0.2) is 4.98 Å². The third kappa shape index (κ3) is 5.68. The Labute approximate surface area is 93.4 Å². The molecule has 0 atom stereocenters. The van der Waals surface area contributed by atoms with E-state index in [1.54, 1.807) is 0 Å². The number of aromatic nitrogens is 2. The molecule has 0 unspecified atom stereocenters. The maximum Gasteiger partial charge on any atom is 0.441 e. The summed E-state index contributed by atoms with van der Waals surface area (Å²) in [7, 11) is 0. The zero-order valence-corrected chi connectivity index (χ0v) is 8.96. The summed E-state index contributed by atoms with van der Waals surface area (Å²) in [5.74, 6) is 0.280. The van der Waals surface area contributed by atoms with Gasteiger partial charge in [0.25, 0.3) is 0 Å². The van der Waals surface area contributed by atoms with E-state index >= 15 is 0 Å². The molecule has 0 spiro atoms. The average molecular weight is 258 g/mol. The molecule has 1 aromatic rings. The van der Waals surface area contributed by atoms with Crippen molar-refractivity contribution in [1.29, 1.82) is 0 Å². The lowest BCUT2D eigenvalue weighted by atomic mass is 10.6. The quantitative estimate of drug-likeness (QED) is 0.842. The van der Waals surface area contributed by atoms with Crippen molar-refractivity contribution in [2.24, 2.45) is 0 Å². The lowest BCUT2D eigenvalue weighted by Crippen LogP contribution is -2.10. The van der Waals surface area contributed by atoms with Crippen LogP contribution in [0, 0.1) is 0 Å². The maximum absolute atomic E-state index is 11.7. The molecule has 0 saturated heterocycles. The van der Waals surface area contributed by atoms with E-state index in [4.69, 9.17) is 11.6 Å². The Morgan fingerprint density at radius 2 is 2.13 bits per heavy atom. The predicted octanol–water partition coefficient (Wildman–Crippen LogP) is 2.79. The van der Waals surface area contributed by atoms with Gasteiger partial charge < -0.3 is 5.32 Å². The number of halogens is 4. The zero-order chi connectivity index (χ0) is 11.3. The molecule has 84 valence electrons. The fourth-order valence-corrected chi connectivity index (χ4v) is 1.36. The summed E-state index contributed by atoms with van der Waals surface area (Å²) < 4.78 is 35.2. The van der Waals surface area contributed by atoms with E-state index in [0.717, 1.165) is 0 Å². The summed E-state index contributed by atoms with van der Waals surface area (Å²) in [5.41, 5.74) is -4.19. The predicted molar refractivity (Wildman–Crippen MR) is 54.0 cm³/mol. The molecule has 0 aliphatic carbocycles. The lowest BCUT2D eigenvalue weighted by Gasteiger charge is -2.06. The van der Waals surface area contributed by atoms with Gasteiger partial charge in [-0.2, -0.15) is 13.2 Å². The molecule has 1 rings (SSSR count). The Morgan fingerprint density at radius 1 is 1.40 bits per heavy atom. The van der Waals surface area contributed by atoms with Crippen molar-refractivity contribution >= 4 is 29.2 Å². The summed E-state index contributed by atoms with van der Waals surface area (Å²) in [4.78, 5) is 7.53. The van der Waals surface area contributed by atoms with E-state index in [1.165, 1.54) is 12.4 Å². The molecule has 0 bridgehead atoms. The Bertz CT molecular complexity index is 321. The second-order valence-electron chi connectivity index (χ2n) is 2.45. The first-order valence-electron chi connectivity index (χ1n) is 3.89. The molecule has 0 saturated carbocycles. The van der Waals surface area contributed by atoms with Crippen LogP contribution in [-0.4, -0.2) is 27.8 Å². The summed E-state index contributed by atoms with van der Waals surface area (Å²) in [6.45, 7) is 0.152. The minimum atomic E-state index is -4.19. The van der Waals surface area contributed by atoms with Gasteiger partial charge in [-0.05, 0) is 11.8 Å². The van der Waals surface area contributed by atoms with Gasteiger partial charge in [-0.3, -0.25) is 4.98 Å². The smallest absolute Gasteiger partial charge is 0.368 e. The lowest BCUT2D eigenvalue weighted by molar-refractivity contribution is -0.0327. The zero-order valence-electron chi connectivity index (χ0n) is 7.38. The molecular weight excluding hydrogens is 251 g/mol. The average Bonchev–Trinajstić information content (AvgIpc) is 2.11. The third-order valence-electron chi connectivity index (χ3n) is 1.28. The fraction of sp³-hybridized carbons (Fsp3) is 0.429. The number of alkyl halides is 3. The molecular formula is C7H7ClF3N3S. The Hall–Kier alpha value is -0.690. The summed E-state index contributed by atoms with van der Waals surface area (Å²) in [5, 5.41) is 2.88. The van der Waals surface area contributed by atoms with Gasteiger partial charge in [0, 0.05) is 12.3 Å². The topological polar surface area (TPSA) is 37.8 Å². The minimum absolute atomic E-state index is 0.0856.